The standard InChI is InChI=1S/C8H17N.ClH/c1-8(2,3)6-9-7-4-5-7;/h7,9H,4-6H2,1-3H3;1H. The highest BCUT2D eigenvalue weighted by molar-refractivity contribution is 5.85. The van der Waals surface area contributed by atoms with E-state index >= 15 is 0 Å². The first-order valence-electron chi connectivity index (χ1n) is 3.81. The Bertz CT molecular complexity index is 91.9. The van der Waals surface area contributed by atoms with Crippen LogP contribution in [0.3, 0.4) is 0 Å². The fraction of sp³-hybridized carbons (Fsp3) is 1.00. The summed E-state index contributed by atoms with van der Waals surface area (Å²) in [6.07, 6.45) is 2.80. The highest BCUT2D eigenvalue weighted by atomic mass is 35.5. The lowest BCUT2D eigenvalue weighted by Crippen LogP contribution is -2.28. The van der Waals surface area contributed by atoms with Crippen molar-refractivity contribution >= 4 is 12.4 Å². The first-order chi connectivity index (χ1) is 4.08. The van der Waals surface area contributed by atoms with E-state index < -0.39 is 0 Å². The first-order valence-corrected chi connectivity index (χ1v) is 3.81. The molecule has 1 nitrogen and oxygen atoms in total. The summed E-state index contributed by atoms with van der Waals surface area (Å²) in [6, 6.07) is 0.865. The van der Waals surface area contributed by atoms with E-state index in [4.69, 9.17) is 0 Å². The molecule has 1 N–H and O–H groups in total. The summed E-state index contributed by atoms with van der Waals surface area (Å²) < 4.78 is 0. The van der Waals surface area contributed by atoms with E-state index in [9.17, 15) is 0 Å². The van der Waals surface area contributed by atoms with Crippen LogP contribution in [0.5, 0.6) is 0 Å². The predicted octanol–water partition coefficient (Wildman–Crippen LogP) is 2.21. The molecule has 1 rings (SSSR count). The molecule has 10 heavy (non-hydrogen) atoms. The lowest BCUT2D eigenvalue weighted by Gasteiger charge is -2.18. The minimum absolute atomic E-state index is 0. The van der Waals surface area contributed by atoms with Gasteiger partial charge in [-0.25, -0.2) is 0 Å². The van der Waals surface area contributed by atoms with Gasteiger partial charge in [0.15, 0.2) is 0 Å². The van der Waals surface area contributed by atoms with E-state index in [0.717, 1.165) is 12.6 Å². The molecule has 0 radical (unpaired) electrons. The second-order valence-corrected chi connectivity index (χ2v) is 4.22. The van der Waals surface area contributed by atoms with Crippen LogP contribution in [-0.2, 0) is 0 Å². The smallest absolute Gasteiger partial charge is 0.00684 e. The Hall–Kier alpha value is 0.250. The summed E-state index contributed by atoms with van der Waals surface area (Å²) in [5.41, 5.74) is 0.461. The van der Waals surface area contributed by atoms with Crippen LogP contribution in [0, 0.1) is 5.41 Å². The van der Waals surface area contributed by atoms with Crippen LogP contribution in [0.4, 0.5) is 0 Å². The molecule has 0 spiro atoms. The van der Waals surface area contributed by atoms with Gasteiger partial charge in [-0.05, 0) is 18.3 Å². The van der Waals surface area contributed by atoms with E-state index in [0.29, 0.717) is 5.41 Å². The van der Waals surface area contributed by atoms with Crippen molar-refractivity contribution in [3.05, 3.63) is 0 Å². The number of hydrogen-bond donors (Lipinski definition) is 1. The molecule has 1 saturated carbocycles. The van der Waals surface area contributed by atoms with Crippen LogP contribution in [0.15, 0.2) is 0 Å². The van der Waals surface area contributed by atoms with Gasteiger partial charge in [-0.2, -0.15) is 0 Å². The highest BCUT2D eigenvalue weighted by Gasteiger charge is 2.22. The van der Waals surface area contributed by atoms with Crippen molar-refractivity contribution < 1.29 is 0 Å². The van der Waals surface area contributed by atoms with Gasteiger partial charge in [0.25, 0.3) is 0 Å². The topological polar surface area (TPSA) is 12.0 Å². The van der Waals surface area contributed by atoms with Crippen LogP contribution < -0.4 is 5.32 Å². The largest absolute Gasteiger partial charge is 0.313 e. The maximum absolute atomic E-state index is 3.50. The molecule has 0 saturated heterocycles. The monoisotopic (exact) mass is 163 g/mol. The average Bonchev–Trinajstić information content (AvgIpc) is 2.38. The lowest BCUT2D eigenvalue weighted by atomic mass is 9.97. The number of nitrogens with one attached hydrogen (secondary N) is 1. The summed E-state index contributed by atoms with van der Waals surface area (Å²) >= 11 is 0. The van der Waals surface area contributed by atoms with Crippen molar-refractivity contribution in [2.75, 3.05) is 6.54 Å². The molecule has 0 unspecified atom stereocenters. The van der Waals surface area contributed by atoms with Crippen LogP contribution in [-0.4, -0.2) is 12.6 Å². The Kier molecular flexibility index (Phi) is 3.68. The molecule has 2 heteroatoms. The van der Waals surface area contributed by atoms with E-state index in [-0.39, 0.29) is 12.4 Å². The number of hydrogen-bond acceptors (Lipinski definition) is 1. The zero-order chi connectivity index (χ0) is 6.91. The third-order valence-electron chi connectivity index (χ3n) is 1.50. The van der Waals surface area contributed by atoms with Gasteiger partial charge in [-0.15, -0.1) is 12.4 Å². The van der Waals surface area contributed by atoms with Crippen molar-refractivity contribution in [2.24, 2.45) is 5.41 Å². The molecule has 1 aliphatic carbocycles. The molecule has 0 aromatic heterocycles. The summed E-state index contributed by atoms with van der Waals surface area (Å²) in [7, 11) is 0. The molecule has 1 fully saturated rings. The molecular weight excluding hydrogens is 146 g/mol. The maximum Gasteiger partial charge on any atom is 0.00684 e. The molecule has 0 aromatic carbocycles. The molecular formula is C8H18ClN. The van der Waals surface area contributed by atoms with Crippen molar-refractivity contribution in [1.82, 2.24) is 5.32 Å². The van der Waals surface area contributed by atoms with Gasteiger partial charge >= 0.3 is 0 Å². The SMILES string of the molecule is CC(C)(C)CNC1CC1.Cl. The predicted molar refractivity (Wildman–Crippen MR) is 47.7 cm³/mol. The fourth-order valence-corrected chi connectivity index (χ4v) is 0.738. The summed E-state index contributed by atoms with van der Waals surface area (Å²) in [4.78, 5) is 0. The molecule has 0 atom stereocenters. The number of halogens is 1. The van der Waals surface area contributed by atoms with Crippen molar-refractivity contribution in [3.8, 4) is 0 Å². The molecule has 0 aromatic rings. The van der Waals surface area contributed by atoms with Gasteiger partial charge in [0.2, 0.25) is 0 Å². The Morgan fingerprint density at radius 1 is 1.30 bits per heavy atom. The number of rotatable bonds is 2. The molecule has 0 amide bonds. The van der Waals surface area contributed by atoms with Crippen molar-refractivity contribution in [3.63, 3.8) is 0 Å². The normalized spacial score (nSPS) is 18.3. The molecule has 0 heterocycles. The molecule has 0 aliphatic heterocycles. The van der Waals surface area contributed by atoms with E-state index in [2.05, 4.69) is 26.1 Å². The van der Waals surface area contributed by atoms with Gasteiger partial charge in [-0.3, -0.25) is 0 Å². The molecule has 0 bridgehead atoms. The summed E-state index contributed by atoms with van der Waals surface area (Å²) in [5, 5.41) is 3.50. The van der Waals surface area contributed by atoms with Crippen molar-refractivity contribution in [2.45, 2.75) is 39.7 Å². The van der Waals surface area contributed by atoms with Crippen LogP contribution >= 0.6 is 12.4 Å². The third-order valence-corrected chi connectivity index (χ3v) is 1.50. The lowest BCUT2D eigenvalue weighted by molar-refractivity contribution is 0.378. The van der Waals surface area contributed by atoms with Gasteiger partial charge in [0.05, 0.1) is 0 Å². The van der Waals surface area contributed by atoms with Crippen LogP contribution in [0.2, 0.25) is 0 Å². The Morgan fingerprint density at radius 3 is 2.10 bits per heavy atom. The van der Waals surface area contributed by atoms with Gasteiger partial charge < -0.3 is 5.32 Å². The second-order valence-electron chi connectivity index (χ2n) is 4.22. The van der Waals surface area contributed by atoms with Gasteiger partial charge in [-0.1, -0.05) is 20.8 Å². The van der Waals surface area contributed by atoms with E-state index in [1.165, 1.54) is 12.8 Å². The first kappa shape index (κ1) is 10.2. The molecule has 62 valence electrons. The summed E-state index contributed by atoms with van der Waals surface area (Å²) in [6.45, 7) is 7.96. The third kappa shape index (κ3) is 5.07. The van der Waals surface area contributed by atoms with Crippen molar-refractivity contribution in [1.29, 1.82) is 0 Å². The fourth-order valence-electron chi connectivity index (χ4n) is 0.738. The Balaban J connectivity index is 0.000000810. The zero-order valence-corrected chi connectivity index (χ0v) is 7.92. The maximum atomic E-state index is 3.50. The van der Waals surface area contributed by atoms with Gasteiger partial charge in [0.1, 0.15) is 0 Å². The second kappa shape index (κ2) is 3.59. The highest BCUT2D eigenvalue weighted by Crippen LogP contribution is 2.20. The van der Waals surface area contributed by atoms with Gasteiger partial charge in [0, 0.05) is 12.6 Å². The van der Waals surface area contributed by atoms with E-state index in [1.807, 2.05) is 0 Å². The minimum Gasteiger partial charge on any atom is -0.313 e. The van der Waals surface area contributed by atoms with Crippen LogP contribution in [0.25, 0.3) is 0 Å². The quantitative estimate of drug-likeness (QED) is 0.659. The van der Waals surface area contributed by atoms with Crippen LogP contribution in [0.1, 0.15) is 33.6 Å². The minimum atomic E-state index is 0. The summed E-state index contributed by atoms with van der Waals surface area (Å²) in [5.74, 6) is 0. The van der Waals surface area contributed by atoms with E-state index in [1.54, 1.807) is 0 Å². The average molecular weight is 164 g/mol. The Morgan fingerprint density at radius 2 is 1.80 bits per heavy atom. The molecule has 1 aliphatic rings. The Labute approximate surface area is 70.0 Å². The zero-order valence-electron chi connectivity index (χ0n) is 7.11.